The van der Waals surface area contributed by atoms with Crippen LogP contribution < -0.4 is 14.7 Å². The van der Waals surface area contributed by atoms with Crippen LogP contribution in [0.5, 0.6) is 11.5 Å². The van der Waals surface area contributed by atoms with Crippen LogP contribution in [0.4, 0.5) is 0 Å². The van der Waals surface area contributed by atoms with Crippen LogP contribution in [0, 0.1) is 20.8 Å². The zero-order chi connectivity index (χ0) is 20.0. The van der Waals surface area contributed by atoms with E-state index in [0.717, 1.165) is 33.5 Å². The van der Waals surface area contributed by atoms with E-state index in [1.165, 1.54) is 33.0 Å². The molecule has 28 heavy (non-hydrogen) atoms. The molecule has 0 saturated heterocycles. The first kappa shape index (κ1) is 17.5. The topological polar surface area (TPSA) is 26.2 Å². The highest BCUT2D eigenvalue weighted by atomic mass is 28.3. The van der Waals surface area contributed by atoms with Gasteiger partial charge in [-0.15, -0.1) is 0 Å². The maximum atomic E-state index is 6.58. The van der Waals surface area contributed by atoms with Crippen LogP contribution in [0.3, 0.4) is 0 Å². The Morgan fingerprint density at radius 2 is 1.71 bits per heavy atom. The lowest BCUT2D eigenvalue weighted by atomic mass is 9.89. The molecule has 4 aromatic rings. The van der Waals surface area contributed by atoms with Crippen molar-refractivity contribution in [2.24, 2.45) is 7.05 Å². The molecular weight excluding hydrogens is 362 g/mol. The van der Waals surface area contributed by atoms with Crippen LogP contribution in [0.25, 0.3) is 33.0 Å². The van der Waals surface area contributed by atoms with Crippen molar-refractivity contribution < 1.29 is 13.7 Å². The van der Waals surface area contributed by atoms with Gasteiger partial charge in [-0.05, 0) is 55.0 Å². The Balaban J connectivity index is 1.96. The van der Waals surface area contributed by atoms with Gasteiger partial charge in [0.2, 0.25) is 17.5 Å². The Morgan fingerprint density at radius 1 is 0.964 bits per heavy atom. The van der Waals surface area contributed by atoms with E-state index in [4.69, 9.17) is 9.15 Å². The third-order valence-electron chi connectivity index (χ3n) is 5.94. The normalized spacial score (nSPS) is 13.1. The van der Waals surface area contributed by atoms with E-state index < -0.39 is 8.07 Å². The van der Waals surface area contributed by atoms with Gasteiger partial charge in [0.15, 0.2) is 0 Å². The number of hydrogen-bond donors (Lipinski definition) is 0. The third kappa shape index (κ3) is 2.30. The SMILES string of the molecule is Cc1cc2c3c(c(C)c(C)cc3c1)-c1c(c3cc([Si](C)(C)C)oc3c[n+]1C)O2. The molecule has 0 fully saturated rings. The van der Waals surface area contributed by atoms with Crippen molar-refractivity contribution in [3.05, 3.63) is 47.2 Å². The molecule has 4 heteroatoms. The molecule has 0 bridgehead atoms. The summed E-state index contributed by atoms with van der Waals surface area (Å²) in [7, 11) is 0.529. The molecule has 1 aliphatic rings. The summed E-state index contributed by atoms with van der Waals surface area (Å²) >= 11 is 0. The van der Waals surface area contributed by atoms with Crippen molar-refractivity contribution in [2.75, 3.05) is 0 Å². The van der Waals surface area contributed by atoms with Crippen molar-refractivity contribution >= 4 is 35.2 Å². The number of furan rings is 1. The van der Waals surface area contributed by atoms with E-state index in [0.29, 0.717) is 0 Å². The molecule has 0 unspecified atom stereocenters. The summed E-state index contributed by atoms with van der Waals surface area (Å²) in [6, 6.07) is 8.90. The summed E-state index contributed by atoms with van der Waals surface area (Å²) < 4.78 is 15.0. The van der Waals surface area contributed by atoms with Gasteiger partial charge in [0.05, 0.1) is 16.3 Å². The molecule has 3 nitrogen and oxygen atoms in total. The van der Waals surface area contributed by atoms with Crippen molar-refractivity contribution in [1.82, 2.24) is 0 Å². The predicted octanol–water partition coefficient (Wildman–Crippen LogP) is 5.65. The van der Waals surface area contributed by atoms with Crippen LogP contribution in [0.15, 0.2) is 34.9 Å². The second-order valence-corrected chi connectivity index (χ2v) is 14.2. The highest BCUT2D eigenvalue weighted by molar-refractivity contribution is 6.87. The lowest BCUT2D eigenvalue weighted by Gasteiger charge is -2.22. The van der Waals surface area contributed by atoms with Crippen molar-refractivity contribution in [2.45, 2.75) is 40.4 Å². The third-order valence-corrected chi connectivity index (χ3v) is 7.66. The van der Waals surface area contributed by atoms with Crippen molar-refractivity contribution in [1.29, 1.82) is 0 Å². The van der Waals surface area contributed by atoms with Gasteiger partial charge < -0.3 is 9.15 Å². The van der Waals surface area contributed by atoms with E-state index in [9.17, 15) is 0 Å². The molecule has 142 valence electrons. The number of nitrogens with zero attached hydrogens (tertiary/aromatic N) is 1. The van der Waals surface area contributed by atoms with Gasteiger partial charge in [0.25, 0.3) is 5.69 Å². The molecule has 5 rings (SSSR count). The molecule has 0 atom stereocenters. The van der Waals surface area contributed by atoms with Gasteiger partial charge in [-0.3, -0.25) is 0 Å². The fraction of sp³-hybridized carbons (Fsp3) is 0.292. The minimum atomic E-state index is -1.56. The summed E-state index contributed by atoms with van der Waals surface area (Å²) in [4.78, 5) is 0. The highest BCUT2D eigenvalue weighted by Gasteiger charge is 2.34. The van der Waals surface area contributed by atoms with Gasteiger partial charge in [-0.2, -0.15) is 4.57 Å². The minimum absolute atomic E-state index is 0.899. The molecular formula is C24H26NO2Si+. The molecule has 0 amide bonds. The zero-order valence-corrected chi connectivity index (χ0v) is 18.7. The minimum Gasteiger partial charge on any atom is -0.460 e. The quantitative estimate of drug-likeness (QED) is 0.274. The lowest BCUT2D eigenvalue weighted by molar-refractivity contribution is -0.659. The average molecular weight is 389 g/mol. The predicted molar refractivity (Wildman–Crippen MR) is 118 cm³/mol. The first-order chi connectivity index (χ1) is 13.1. The molecule has 0 N–H and O–H groups in total. The van der Waals surface area contributed by atoms with E-state index in [1.807, 2.05) is 0 Å². The molecule has 2 aromatic heterocycles. The Kier molecular flexibility index (Phi) is 3.42. The number of aryl methyl sites for hydroxylation is 3. The maximum Gasteiger partial charge on any atom is 0.257 e. The number of pyridine rings is 1. The average Bonchev–Trinajstić information content (AvgIpc) is 3.02. The maximum absolute atomic E-state index is 6.58. The first-order valence-electron chi connectivity index (χ1n) is 9.84. The molecule has 0 radical (unpaired) electrons. The lowest BCUT2D eigenvalue weighted by Crippen LogP contribution is -2.36. The van der Waals surface area contributed by atoms with Crippen molar-refractivity contribution in [3.63, 3.8) is 0 Å². The fourth-order valence-electron chi connectivity index (χ4n) is 4.34. The number of aromatic nitrogens is 1. The zero-order valence-electron chi connectivity index (χ0n) is 17.7. The molecule has 0 spiro atoms. The number of benzene rings is 2. The van der Waals surface area contributed by atoms with Crippen LogP contribution in [0.2, 0.25) is 19.6 Å². The second kappa shape index (κ2) is 5.48. The van der Waals surface area contributed by atoms with E-state index in [-0.39, 0.29) is 0 Å². The second-order valence-electron chi connectivity index (χ2n) is 9.21. The van der Waals surface area contributed by atoms with Crippen LogP contribution in [-0.4, -0.2) is 8.07 Å². The molecule has 2 aromatic carbocycles. The summed E-state index contributed by atoms with van der Waals surface area (Å²) in [6.07, 6.45) is 2.11. The summed E-state index contributed by atoms with van der Waals surface area (Å²) in [5.74, 6) is 1.87. The Labute approximate surface area is 166 Å². The smallest absolute Gasteiger partial charge is 0.257 e. The fourth-order valence-corrected chi connectivity index (χ4v) is 5.34. The van der Waals surface area contributed by atoms with Gasteiger partial charge in [0.1, 0.15) is 20.9 Å². The van der Waals surface area contributed by atoms with Gasteiger partial charge in [-0.25, -0.2) is 0 Å². The highest BCUT2D eigenvalue weighted by Crippen LogP contribution is 2.49. The summed E-state index contributed by atoms with van der Waals surface area (Å²) in [5.41, 5.74) is 7.15. The Hall–Kier alpha value is -2.59. The van der Waals surface area contributed by atoms with Gasteiger partial charge in [-0.1, -0.05) is 31.8 Å². The van der Waals surface area contributed by atoms with E-state index in [1.54, 1.807) is 0 Å². The van der Waals surface area contributed by atoms with Gasteiger partial charge >= 0.3 is 0 Å². The standard InChI is InChI=1S/C24H26NO2Si/c1-13-8-16-10-14(2)15(3)21-22(16)18(9-13)27-24-17-11-20(28(5,6)7)26-19(17)12-25(4)23(21)24/h8-12H,1-7H3/q+1. The van der Waals surface area contributed by atoms with Crippen LogP contribution in [-0.2, 0) is 7.05 Å². The summed E-state index contributed by atoms with van der Waals surface area (Å²) in [6.45, 7) is 13.5. The number of fused-ring (bicyclic) bond motifs is 4. The summed E-state index contributed by atoms with van der Waals surface area (Å²) in [5, 5.41) is 4.64. The Bertz CT molecular complexity index is 1310. The largest absolute Gasteiger partial charge is 0.460 e. The first-order valence-corrected chi connectivity index (χ1v) is 13.3. The van der Waals surface area contributed by atoms with Crippen LogP contribution >= 0.6 is 0 Å². The molecule has 3 heterocycles. The molecule has 1 aliphatic heterocycles. The molecule has 0 aliphatic carbocycles. The van der Waals surface area contributed by atoms with Crippen molar-refractivity contribution in [3.8, 4) is 22.8 Å². The van der Waals surface area contributed by atoms with E-state index >= 15 is 0 Å². The number of rotatable bonds is 1. The Morgan fingerprint density at radius 3 is 2.43 bits per heavy atom. The monoisotopic (exact) mass is 388 g/mol. The van der Waals surface area contributed by atoms with E-state index in [2.05, 4.69) is 82.5 Å². The molecule has 0 saturated carbocycles. The van der Waals surface area contributed by atoms with Crippen LogP contribution in [0.1, 0.15) is 16.7 Å². The van der Waals surface area contributed by atoms with Gasteiger partial charge in [0, 0.05) is 5.39 Å². The number of ether oxygens (including phenoxy) is 1. The number of hydrogen-bond acceptors (Lipinski definition) is 2.